The number of amides is 1. The summed E-state index contributed by atoms with van der Waals surface area (Å²) in [6.45, 7) is 2.07. The second kappa shape index (κ2) is 6.48. The van der Waals surface area contributed by atoms with Gasteiger partial charge in [0, 0.05) is 22.1 Å². The first-order valence-electron chi connectivity index (χ1n) is 6.17. The van der Waals surface area contributed by atoms with E-state index in [1.165, 1.54) is 0 Å². The maximum atomic E-state index is 12.0. The van der Waals surface area contributed by atoms with Gasteiger partial charge >= 0.3 is 0 Å². The minimum Gasteiger partial charge on any atom is -0.325 e. The molecule has 0 atom stereocenters. The summed E-state index contributed by atoms with van der Waals surface area (Å²) in [5.41, 5.74) is 2.76. The summed E-state index contributed by atoms with van der Waals surface area (Å²) in [7, 11) is 0. The van der Waals surface area contributed by atoms with Gasteiger partial charge in [0.15, 0.2) is 0 Å². The van der Waals surface area contributed by atoms with Crippen molar-refractivity contribution >= 4 is 27.5 Å². The molecule has 1 aromatic heterocycles. The molecule has 4 heteroatoms. The number of pyridine rings is 1. The zero-order valence-electron chi connectivity index (χ0n) is 10.7. The van der Waals surface area contributed by atoms with E-state index in [-0.39, 0.29) is 5.91 Å². The molecule has 0 aliphatic rings. The lowest BCUT2D eigenvalue weighted by Crippen LogP contribution is -2.16. The molecular weight excluding hydrogens is 304 g/mol. The van der Waals surface area contributed by atoms with Crippen molar-refractivity contribution in [3.63, 3.8) is 0 Å². The highest BCUT2D eigenvalue weighted by Gasteiger charge is 2.08. The van der Waals surface area contributed by atoms with Gasteiger partial charge in [-0.15, -0.1) is 0 Å². The zero-order chi connectivity index (χ0) is 13.7. The number of halogens is 1. The van der Waals surface area contributed by atoms with Crippen LogP contribution in [-0.4, -0.2) is 10.9 Å². The molecular formula is C15H15BrN2O. The minimum absolute atomic E-state index is 0.0456. The molecule has 0 saturated carbocycles. The van der Waals surface area contributed by atoms with Gasteiger partial charge in [-0.25, -0.2) is 0 Å². The lowest BCUT2D eigenvalue weighted by molar-refractivity contribution is -0.115. The van der Waals surface area contributed by atoms with E-state index >= 15 is 0 Å². The highest BCUT2D eigenvalue weighted by molar-refractivity contribution is 9.10. The minimum atomic E-state index is -0.0456. The fourth-order valence-electron chi connectivity index (χ4n) is 1.84. The summed E-state index contributed by atoms with van der Waals surface area (Å²) in [5, 5.41) is 2.94. The van der Waals surface area contributed by atoms with Crippen LogP contribution in [0.2, 0.25) is 0 Å². The molecule has 0 saturated heterocycles. The third-order valence-corrected chi connectivity index (χ3v) is 3.28. The van der Waals surface area contributed by atoms with E-state index in [4.69, 9.17) is 0 Å². The lowest BCUT2D eigenvalue weighted by Gasteiger charge is -2.10. The van der Waals surface area contributed by atoms with Crippen LogP contribution in [0, 0.1) is 0 Å². The standard InChI is InChI=1S/C15H15BrN2O/c1-2-11-9-12(16)6-7-14(11)18-15(19)10-13-5-3-4-8-17-13/h3-9H,2,10H2,1H3,(H,18,19). The first-order chi connectivity index (χ1) is 9.19. The number of hydrogen-bond acceptors (Lipinski definition) is 2. The molecule has 2 aromatic rings. The normalized spacial score (nSPS) is 10.2. The molecule has 0 radical (unpaired) electrons. The fraction of sp³-hybridized carbons (Fsp3) is 0.200. The van der Waals surface area contributed by atoms with Crippen LogP contribution in [0.25, 0.3) is 0 Å². The number of aryl methyl sites for hydroxylation is 1. The number of carbonyl (C=O) groups is 1. The SMILES string of the molecule is CCc1cc(Br)ccc1NC(=O)Cc1ccccn1. The number of nitrogens with one attached hydrogen (secondary N) is 1. The number of carbonyl (C=O) groups excluding carboxylic acids is 1. The van der Waals surface area contributed by atoms with E-state index in [0.29, 0.717) is 6.42 Å². The molecule has 1 heterocycles. The van der Waals surface area contributed by atoms with Gasteiger partial charge in [-0.2, -0.15) is 0 Å². The van der Waals surface area contributed by atoms with E-state index < -0.39 is 0 Å². The van der Waals surface area contributed by atoms with Crippen LogP contribution in [0.5, 0.6) is 0 Å². The first-order valence-corrected chi connectivity index (χ1v) is 6.96. The van der Waals surface area contributed by atoms with Gasteiger partial charge in [-0.1, -0.05) is 28.9 Å². The predicted molar refractivity (Wildman–Crippen MR) is 80.1 cm³/mol. The van der Waals surface area contributed by atoms with Crippen molar-refractivity contribution in [2.45, 2.75) is 19.8 Å². The average molecular weight is 319 g/mol. The highest BCUT2D eigenvalue weighted by Crippen LogP contribution is 2.21. The van der Waals surface area contributed by atoms with E-state index in [2.05, 4.69) is 33.2 Å². The van der Waals surface area contributed by atoms with Crippen LogP contribution in [0.4, 0.5) is 5.69 Å². The van der Waals surface area contributed by atoms with Gasteiger partial charge in [0.2, 0.25) is 5.91 Å². The van der Waals surface area contributed by atoms with Crippen molar-refractivity contribution in [3.05, 3.63) is 58.3 Å². The van der Waals surface area contributed by atoms with E-state index in [1.54, 1.807) is 6.20 Å². The number of anilines is 1. The van der Waals surface area contributed by atoms with Crippen molar-refractivity contribution in [1.29, 1.82) is 0 Å². The number of aromatic nitrogens is 1. The third kappa shape index (κ3) is 3.89. The average Bonchev–Trinajstić information content (AvgIpc) is 2.42. The van der Waals surface area contributed by atoms with Crippen LogP contribution < -0.4 is 5.32 Å². The molecule has 0 fully saturated rings. The quantitative estimate of drug-likeness (QED) is 0.936. The Morgan fingerprint density at radius 3 is 2.84 bits per heavy atom. The Kier molecular flexibility index (Phi) is 4.68. The Morgan fingerprint density at radius 2 is 2.16 bits per heavy atom. The van der Waals surface area contributed by atoms with Crippen LogP contribution in [0.1, 0.15) is 18.2 Å². The topological polar surface area (TPSA) is 42.0 Å². The molecule has 1 N–H and O–H groups in total. The van der Waals surface area contributed by atoms with E-state index in [0.717, 1.165) is 27.8 Å². The predicted octanol–water partition coefficient (Wildman–Crippen LogP) is 3.59. The number of rotatable bonds is 4. The molecule has 0 unspecified atom stereocenters. The molecule has 0 spiro atoms. The van der Waals surface area contributed by atoms with Crippen LogP contribution in [-0.2, 0) is 17.6 Å². The molecule has 0 aliphatic heterocycles. The maximum Gasteiger partial charge on any atom is 0.230 e. The zero-order valence-corrected chi connectivity index (χ0v) is 12.3. The Hall–Kier alpha value is -1.68. The highest BCUT2D eigenvalue weighted by atomic mass is 79.9. The monoisotopic (exact) mass is 318 g/mol. The van der Waals surface area contributed by atoms with Crippen LogP contribution >= 0.6 is 15.9 Å². The maximum absolute atomic E-state index is 12.0. The van der Waals surface area contributed by atoms with Gasteiger partial charge in [0.1, 0.15) is 0 Å². The number of nitrogens with zero attached hydrogens (tertiary/aromatic N) is 1. The molecule has 19 heavy (non-hydrogen) atoms. The van der Waals surface area contributed by atoms with Crippen molar-refractivity contribution in [2.75, 3.05) is 5.32 Å². The first kappa shape index (κ1) is 13.7. The molecule has 1 amide bonds. The van der Waals surface area contributed by atoms with Gasteiger partial charge in [0.05, 0.1) is 6.42 Å². The molecule has 3 nitrogen and oxygen atoms in total. The Morgan fingerprint density at radius 1 is 1.32 bits per heavy atom. The summed E-state index contributed by atoms with van der Waals surface area (Å²) < 4.78 is 1.02. The second-order valence-electron chi connectivity index (χ2n) is 4.20. The summed E-state index contributed by atoms with van der Waals surface area (Å²) in [5.74, 6) is -0.0456. The van der Waals surface area contributed by atoms with Crippen molar-refractivity contribution in [1.82, 2.24) is 4.98 Å². The summed E-state index contributed by atoms with van der Waals surface area (Å²) in [4.78, 5) is 16.1. The van der Waals surface area contributed by atoms with Gasteiger partial charge < -0.3 is 5.32 Å². The summed E-state index contributed by atoms with van der Waals surface area (Å²) in [6, 6.07) is 11.4. The van der Waals surface area contributed by atoms with Crippen molar-refractivity contribution in [2.24, 2.45) is 0 Å². The molecule has 1 aromatic carbocycles. The van der Waals surface area contributed by atoms with Crippen molar-refractivity contribution < 1.29 is 4.79 Å². The largest absolute Gasteiger partial charge is 0.325 e. The molecule has 0 aliphatic carbocycles. The summed E-state index contributed by atoms with van der Waals surface area (Å²) >= 11 is 3.43. The fourth-order valence-corrected chi connectivity index (χ4v) is 2.25. The van der Waals surface area contributed by atoms with Gasteiger partial charge in [-0.05, 0) is 42.3 Å². The van der Waals surface area contributed by atoms with E-state index in [9.17, 15) is 4.79 Å². The third-order valence-electron chi connectivity index (χ3n) is 2.79. The molecule has 98 valence electrons. The van der Waals surface area contributed by atoms with Gasteiger partial charge in [0.25, 0.3) is 0 Å². The molecule has 0 bridgehead atoms. The van der Waals surface area contributed by atoms with Crippen LogP contribution in [0.15, 0.2) is 47.1 Å². The number of benzene rings is 1. The smallest absolute Gasteiger partial charge is 0.230 e. The second-order valence-corrected chi connectivity index (χ2v) is 5.12. The van der Waals surface area contributed by atoms with Crippen molar-refractivity contribution in [3.8, 4) is 0 Å². The Bertz CT molecular complexity index is 570. The number of hydrogen-bond donors (Lipinski definition) is 1. The van der Waals surface area contributed by atoms with Gasteiger partial charge in [-0.3, -0.25) is 9.78 Å². The van der Waals surface area contributed by atoms with Crippen LogP contribution in [0.3, 0.4) is 0 Å². The summed E-state index contributed by atoms with van der Waals surface area (Å²) in [6.07, 6.45) is 2.86. The molecule has 2 rings (SSSR count). The lowest BCUT2D eigenvalue weighted by atomic mass is 10.1. The Balaban J connectivity index is 2.07. The Labute approximate surface area is 121 Å². The van der Waals surface area contributed by atoms with E-state index in [1.807, 2.05) is 36.4 Å².